The number of hydrogen-bond donors (Lipinski definition) is 2. The van der Waals surface area contributed by atoms with Gasteiger partial charge in [0.2, 0.25) is 0 Å². The number of anilines is 1. The molecule has 1 aliphatic rings. The van der Waals surface area contributed by atoms with Crippen LogP contribution in [0, 0.1) is 0 Å². The highest BCUT2D eigenvalue weighted by Gasteiger charge is 2.21. The minimum absolute atomic E-state index is 0.361. The average Bonchev–Trinajstić information content (AvgIpc) is 2.32. The second-order valence-electron chi connectivity index (χ2n) is 4.60. The van der Waals surface area contributed by atoms with Gasteiger partial charge >= 0.3 is 0 Å². The van der Waals surface area contributed by atoms with Gasteiger partial charge in [-0.25, -0.2) is 0 Å². The van der Waals surface area contributed by atoms with E-state index in [4.69, 9.17) is 10.5 Å². The molecule has 1 aliphatic heterocycles. The summed E-state index contributed by atoms with van der Waals surface area (Å²) >= 11 is 0. The summed E-state index contributed by atoms with van der Waals surface area (Å²) in [5.74, 6) is 0. The van der Waals surface area contributed by atoms with E-state index in [9.17, 15) is 5.11 Å². The number of hydrogen-bond acceptors (Lipinski definition) is 4. The van der Waals surface area contributed by atoms with E-state index >= 15 is 0 Å². The summed E-state index contributed by atoms with van der Waals surface area (Å²) in [6.07, 6.45) is -0.487. The Hall–Kier alpha value is -1.10. The van der Waals surface area contributed by atoms with E-state index < -0.39 is 6.10 Å². The lowest BCUT2D eigenvalue weighted by Gasteiger charge is -2.34. The van der Waals surface area contributed by atoms with Gasteiger partial charge in [-0.15, -0.1) is 0 Å². The summed E-state index contributed by atoms with van der Waals surface area (Å²) < 4.78 is 5.38. The summed E-state index contributed by atoms with van der Waals surface area (Å²) in [5.41, 5.74) is 7.28. The molecule has 0 aromatic heterocycles. The third-order valence-electron chi connectivity index (χ3n) is 3.21. The normalized spacial score (nSPS) is 23.5. The molecule has 1 aromatic carbocycles. The summed E-state index contributed by atoms with van der Waals surface area (Å²) in [5, 5.41) is 10.2. The molecule has 1 saturated heterocycles. The van der Waals surface area contributed by atoms with Crippen LogP contribution in [-0.2, 0) is 4.74 Å². The molecule has 2 unspecified atom stereocenters. The van der Waals surface area contributed by atoms with E-state index in [1.54, 1.807) is 0 Å². The molecule has 0 bridgehead atoms. The van der Waals surface area contributed by atoms with Crippen molar-refractivity contribution < 1.29 is 9.84 Å². The van der Waals surface area contributed by atoms with Gasteiger partial charge in [-0.05, 0) is 24.6 Å². The van der Waals surface area contributed by atoms with Crippen molar-refractivity contribution in [1.82, 2.24) is 4.90 Å². The molecule has 0 aliphatic carbocycles. The highest BCUT2D eigenvalue weighted by molar-refractivity contribution is 5.41. The van der Waals surface area contributed by atoms with E-state index in [-0.39, 0.29) is 0 Å². The van der Waals surface area contributed by atoms with Gasteiger partial charge in [0.25, 0.3) is 0 Å². The zero-order valence-corrected chi connectivity index (χ0v) is 10.2. The lowest BCUT2D eigenvalue weighted by atomic mass is 10.1. The fraction of sp³-hybridized carbons (Fsp3) is 0.538. The monoisotopic (exact) mass is 236 g/mol. The van der Waals surface area contributed by atoms with Crippen LogP contribution in [0.4, 0.5) is 5.69 Å². The van der Waals surface area contributed by atoms with E-state index in [1.165, 1.54) is 0 Å². The Morgan fingerprint density at radius 1 is 1.59 bits per heavy atom. The van der Waals surface area contributed by atoms with E-state index in [2.05, 4.69) is 11.8 Å². The maximum atomic E-state index is 10.2. The van der Waals surface area contributed by atoms with Crippen LogP contribution in [0.2, 0.25) is 0 Å². The zero-order valence-electron chi connectivity index (χ0n) is 10.2. The van der Waals surface area contributed by atoms with Crippen molar-refractivity contribution >= 4 is 5.69 Å². The quantitative estimate of drug-likeness (QED) is 0.769. The number of nitrogens with two attached hydrogens (primary N) is 1. The molecule has 1 heterocycles. The van der Waals surface area contributed by atoms with Gasteiger partial charge < -0.3 is 15.6 Å². The molecule has 4 nitrogen and oxygen atoms in total. The van der Waals surface area contributed by atoms with E-state index in [0.717, 1.165) is 25.3 Å². The number of nitrogens with zero attached hydrogens (tertiary/aromatic N) is 1. The smallest absolute Gasteiger partial charge is 0.0917 e. The van der Waals surface area contributed by atoms with Crippen molar-refractivity contribution in [3.8, 4) is 0 Å². The Labute approximate surface area is 102 Å². The maximum absolute atomic E-state index is 10.2. The number of aliphatic hydroxyl groups is 1. The topological polar surface area (TPSA) is 58.7 Å². The van der Waals surface area contributed by atoms with Crippen LogP contribution in [0.1, 0.15) is 18.6 Å². The molecular formula is C13H20N2O2. The van der Waals surface area contributed by atoms with Gasteiger partial charge in [0, 0.05) is 24.8 Å². The Morgan fingerprint density at radius 2 is 2.41 bits per heavy atom. The van der Waals surface area contributed by atoms with Crippen LogP contribution in [0.3, 0.4) is 0 Å². The van der Waals surface area contributed by atoms with E-state index in [0.29, 0.717) is 18.3 Å². The van der Waals surface area contributed by atoms with Crippen LogP contribution < -0.4 is 5.73 Å². The predicted octanol–water partition coefficient (Wildman–Crippen LogP) is 1.02. The number of ether oxygens (including phenoxy) is 1. The molecule has 0 spiro atoms. The molecule has 4 heteroatoms. The van der Waals surface area contributed by atoms with Crippen molar-refractivity contribution in [3.05, 3.63) is 29.8 Å². The van der Waals surface area contributed by atoms with Crippen LogP contribution >= 0.6 is 0 Å². The van der Waals surface area contributed by atoms with Crippen molar-refractivity contribution in [1.29, 1.82) is 0 Å². The molecule has 94 valence electrons. The van der Waals surface area contributed by atoms with Gasteiger partial charge in [0.05, 0.1) is 19.3 Å². The highest BCUT2D eigenvalue weighted by Crippen LogP contribution is 2.18. The molecule has 0 saturated carbocycles. The van der Waals surface area contributed by atoms with Gasteiger partial charge in [0.1, 0.15) is 0 Å². The predicted molar refractivity (Wildman–Crippen MR) is 67.7 cm³/mol. The van der Waals surface area contributed by atoms with Gasteiger partial charge in [-0.2, -0.15) is 0 Å². The van der Waals surface area contributed by atoms with Crippen LogP contribution in [0.15, 0.2) is 24.3 Å². The molecule has 1 aromatic rings. The summed E-state index contributed by atoms with van der Waals surface area (Å²) in [4.78, 5) is 2.25. The number of benzene rings is 1. The number of rotatable bonds is 3. The van der Waals surface area contributed by atoms with Gasteiger partial charge in [-0.3, -0.25) is 4.90 Å². The summed E-state index contributed by atoms with van der Waals surface area (Å²) in [6, 6.07) is 7.80. The molecule has 3 N–H and O–H groups in total. The minimum Gasteiger partial charge on any atom is -0.399 e. The zero-order chi connectivity index (χ0) is 12.3. The fourth-order valence-corrected chi connectivity index (χ4v) is 2.13. The maximum Gasteiger partial charge on any atom is 0.0917 e. The Bertz CT molecular complexity index is 370. The number of morpholine rings is 1. The van der Waals surface area contributed by atoms with Crippen molar-refractivity contribution in [2.45, 2.75) is 19.1 Å². The number of nitrogen functional groups attached to an aromatic ring is 1. The molecule has 2 atom stereocenters. The van der Waals surface area contributed by atoms with Crippen LogP contribution in [0.5, 0.6) is 0 Å². The van der Waals surface area contributed by atoms with Gasteiger partial charge in [0.15, 0.2) is 0 Å². The Balaban J connectivity index is 1.98. The molecular weight excluding hydrogens is 216 g/mol. The van der Waals surface area contributed by atoms with Crippen LogP contribution in [0.25, 0.3) is 0 Å². The highest BCUT2D eigenvalue weighted by atomic mass is 16.5. The summed E-state index contributed by atoms with van der Waals surface area (Å²) in [6.45, 7) is 5.11. The number of aliphatic hydroxyl groups excluding tert-OH is 1. The molecule has 0 radical (unpaired) electrons. The van der Waals surface area contributed by atoms with E-state index in [1.807, 2.05) is 24.3 Å². The minimum atomic E-state index is -0.487. The first-order valence-electron chi connectivity index (χ1n) is 6.02. The van der Waals surface area contributed by atoms with Crippen molar-refractivity contribution in [2.75, 3.05) is 32.0 Å². The average molecular weight is 236 g/mol. The molecule has 0 amide bonds. The molecule has 2 rings (SSSR count). The first-order valence-corrected chi connectivity index (χ1v) is 6.02. The first-order chi connectivity index (χ1) is 8.16. The first kappa shape index (κ1) is 12.4. The summed E-state index contributed by atoms with van der Waals surface area (Å²) in [7, 11) is 0. The Morgan fingerprint density at radius 3 is 3.12 bits per heavy atom. The third kappa shape index (κ3) is 3.19. The van der Waals surface area contributed by atoms with Gasteiger partial charge in [-0.1, -0.05) is 12.1 Å². The van der Waals surface area contributed by atoms with Crippen LogP contribution in [-0.4, -0.2) is 42.4 Å². The van der Waals surface area contributed by atoms with Crippen molar-refractivity contribution in [2.24, 2.45) is 0 Å². The fourth-order valence-electron chi connectivity index (χ4n) is 2.13. The lowest BCUT2D eigenvalue weighted by molar-refractivity contribution is -0.0203. The lowest BCUT2D eigenvalue weighted by Crippen LogP contribution is -2.45. The second-order valence-corrected chi connectivity index (χ2v) is 4.60. The number of β-amino-alcohol motifs (C(OH)–C–C–N with tert-alkyl or cyclic N) is 1. The SMILES string of the molecule is CC1COCCN1CC(O)c1cccc(N)c1. The van der Waals surface area contributed by atoms with Crippen molar-refractivity contribution in [3.63, 3.8) is 0 Å². The largest absolute Gasteiger partial charge is 0.399 e. The Kier molecular flexibility index (Phi) is 3.99. The molecule has 1 fully saturated rings. The molecule has 17 heavy (non-hydrogen) atoms. The second kappa shape index (κ2) is 5.49. The standard InChI is InChI=1S/C13H20N2O2/c1-10-9-17-6-5-15(10)8-13(16)11-3-2-4-12(14)7-11/h2-4,7,10,13,16H,5-6,8-9,14H2,1H3. The third-order valence-corrected chi connectivity index (χ3v) is 3.21.